The number of carbonyl (C=O) groups is 1. The van der Waals surface area contributed by atoms with E-state index in [9.17, 15) is 4.79 Å². The van der Waals surface area contributed by atoms with E-state index in [0.717, 1.165) is 51.9 Å². The molecule has 0 radical (unpaired) electrons. The Morgan fingerprint density at radius 2 is 2.05 bits per heavy atom. The molecule has 2 aliphatic rings. The number of hydrogen-bond acceptors (Lipinski definition) is 7. The zero-order valence-corrected chi connectivity index (χ0v) is 23.9. The van der Waals surface area contributed by atoms with E-state index >= 15 is 0 Å². The minimum absolute atomic E-state index is 0.135. The first-order chi connectivity index (χ1) is 18.0. The maximum Gasteiger partial charge on any atom is 0.227 e. The van der Waals surface area contributed by atoms with Crippen molar-refractivity contribution in [2.75, 3.05) is 17.7 Å². The number of nitrogens with one attached hydrogen (secondary N) is 1. The Balaban J connectivity index is 1.56. The molecule has 7 nitrogen and oxygen atoms in total. The van der Waals surface area contributed by atoms with Gasteiger partial charge in [-0.2, -0.15) is 4.98 Å². The maximum atomic E-state index is 13.2. The van der Waals surface area contributed by atoms with Crippen LogP contribution >= 0.6 is 39.3 Å². The molecule has 0 spiro atoms. The molecule has 0 bridgehead atoms. The molecule has 194 valence electrons. The summed E-state index contributed by atoms with van der Waals surface area (Å²) >= 11 is 11.7. The van der Waals surface area contributed by atoms with Crippen LogP contribution in [0.1, 0.15) is 56.7 Å². The Kier molecular flexibility index (Phi) is 8.12. The fraction of sp³-hybridized carbons (Fsp3) is 0.370. The monoisotopic (exact) mass is 602 g/mol. The summed E-state index contributed by atoms with van der Waals surface area (Å²) in [6, 6.07) is 11.1. The first-order valence-electron chi connectivity index (χ1n) is 12.4. The second-order valence-corrected chi connectivity index (χ2v) is 11.2. The van der Waals surface area contributed by atoms with E-state index in [1.165, 1.54) is 0 Å². The Hall–Kier alpha value is -2.49. The number of ether oxygens (including phenoxy) is 2. The van der Waals surface area contributed by atoms with Gasteiger partial charge in [0, 0.05) is 34.0 Å². The Morgan fingerprint density at radius 1 is 1.22 bits per heavy atom. The molecule has 1 aliphatic carbocycles. The molecule has 5 rings (SSSR count). The third-order valence-corrected chi connectivity index (χ3v) is 8.26. The highest BCUT2D eigenvalue weighted by atomic mass is 79.9. The van der Waals surface area contributed by atoms with Gasteiger partial charge in [-0.05, 0) is 65.9 Å². The van der Waals surface area contributed by atoms with Gasteiger partial charge < -0.3 is 14.8 Å². The van der Waals surface area contributed by atoms with Crippen LogP contribution in [0.4, 0.5) is 5.95 Å². The van der Waals surface area contributed by atoms with Gasteiger partial charge in [0.05, 0.1) is 11.1 Å². The lowest BCUT2D eigenvalue weighted by molar-refractivity contribution is -0.116. The van der Waals surface area contributed by atoms with Crippen molar-refractivity contribution < 1.29 is 14.3 Å². The summed E-state index contributed by atoms with van der Waals surface area (Å²) in [6.07, 6.45) is 3.18. The van der Waals surface area contributed by atoms with E-state index in [1.807, 2.05) is 48.0 Å². The molecular weight excluding hydrogens is 576 g/mol. The molecule has 0 fully saturated rings. The van der Waals surface area contributed by atoms with Gasteiger partial charge in [0.25, 0.3) is 0 Å². The molecule has 10 heteroatoms. The van der Waals surface area contributed by atoms with Crippen molar-refractivity contribution >= 4 is 51.0 Å². The minimum atomic E-state index is -0.407. The molecule has 0 saturated carbocycles. The summed E-state index contributed by atoms with van der Waals surface area (Å²) in [7, 11) is 0. The van der Waals surface area contributed by atoms with Crippen molar-refractivity contribution in [3.8, 4) is 11.5 Å². The number of fused-ring (bicyclic) bond motifs is 1. The second kappa shape index (κ2) is 11.5. The molecule has 0 amide bonds. The van der Waals surface area contributed by atoms with Crippen LogP contribution in [0.2, 0.25) is 5.02 Å². The van der Waals surface area contributed by atoms with Crippen LogP contribution in [-0.4, -0.2) is 32.9 Å². The van der Waals surface area contributed by atoms with Gasteiger partial charge in [0.2, 0.25) is 11.1 Å². The molecule has 2 heterocycles. The SMILES string of the molecule is CCCSc1nc2n(n1)C(c1cc(Br)c(OCc3ccccc3Cl)c(OCC)c1)C1=C(CCCC1=O)N2. The van der Waals surface area contributed by atoms with E-state index in [1.54, 1.807) is 11.8 Å². The molecule has 37 heavy (non-hydrogen) atoms. The fourth-order valence-corrected chi connectivity index (χ4v) is 6.06. The van der Waals surface area contributed by atoms with Gasteiger partial charge in [-0.15, -0.1) is 5.10 Å². The topological polar surface area (TPSA) is 78.3 Å². The number of thioether (sulfide) groups is 1. The van der Waals surface area contributed by atoms with Crippen molar-refractivity contribution in [1.29, 1.82) is 0 Å². The van der Waals surface area contributed by atoms with Crippen LogP contribution in [0.25, 0.3) is 0 Å². The summed E-state index contributed by atoms with van der Waals surface area (Å²) in [5.74, 6) is 2.89. The summed E-state index contributed by atoms with van der Waals surface area (Å²) in [4.78, 5) is 17.9. The Labute approximate surface area is 234 Å². The highest BCUT2D eigenvalue weighted by Gasteiger charge is 2.37. The number of rotatable bonds is 9. The minimum Gasteiger partial charge on any atom is -0.490 e. The molecule has 2 aromatic carbocycles. The number of hydrogen-bond donors (Lipinski definition) is 1. The number of ketones is 1. The lowest BCUT2D eigenvalue weighted by Gasteiger charge is -2.32. The highest BCUT2D eigenvalue weighted by molar-refractivity contribution is 9.10. The van der Waals surface area contributed by atoms with Crippen LogP contribution < -0.4 is 14.8 Å². The summed E-state index contributed by atoms with van der Waals surface area (Å²) in [5.41, 5.74) is 3.44. The summed E-state index contributed by atoms with van der Waals surface area (Å²) in [6.45, 7) is 4.82. The van der Waals surface area contributed by atoms with E-state index < -0.39 is 6.04 Å². The maximum absolute atomic E-state index is 13.2. The lowest BCUT2D eigenvalue weighted by Crippen LogP contribution is -2.31. The van der Waals surface area contributed by atoms with Crippen LogP contribution in [-0.2, 0) is 11.4 Å². The number of carbonyl (C=O) groups excluding carboxylic acids is 1. The quantitative estimate of drug-likeness (QED) is 0.259. The average molecular weight is 604 g/mol. The zero-order valence-electron chi connectivity index (χ0n) is 20.7. The first kappa shape index (κ1) is 26.1. The van der Waals surface area contributed by atoms with Gasteiger partial charge in [-0.25, -0.2) is 4.68 Å². The molecule has 1 unspecified atom stereocenters. The lowest BCUT2D eigenvalue weighted by atomic mass is 9.85. The number of benzene rings is 2. The van der Waals surface area contributed by atoms with Crippen molar-refractivity contribution in [3.63, 3.8) is 0 Å². The van der Waals surface area contributed by atoms with Crippen LogP contribution in [0.15, 0.2) is 57.3 Å². The zero-order chi connectivity index (χ0) is 25.9. The molecule has 1 N–H and O–H groups in total. The molecular formula is C27H28BrClN4O3S. The van der Waals surface area contributed by atoms with Gasteiger partial charge in [0.15, 0.2) is 17.3 Å². The number of halogens is 2. The number of Topliss-reactive ketones (excluding diaryl/α,β-unsaturated/α-hetero) is 1. The van der Waals surface area contributed by atoms with E-state index in [2.05, 4.69) is 28.2 Å². The largest absolute Gasteiger partial charge is 0.490 e. The van der Waals surface area contributed by atoms with E-state index in [-0.39, 0.29) is 5.78 Å². The van der Waals surface area contributed by atoms with Crippen LogP contribution in [0, 0.1) is 0 Å². The third kappa shape index (κ3) is 5.40. The van der Waals surface area contributed by atoms with Crippen molar-refractivity contribution in [3.05, 3.63) is 68.3 Å². The summed E-state index contributed by atoms with van der Waals surface area (Å²) in [5, 5.41) is 9.54. The van der Waals surface area contributed by atoms with Gasteiger partial charge >= 0.3 is 0 Å². The second-order valence-electron chi connectivity index (χ2n) is 8.85. The van der Waals surface area contributed by atoms with Gasteiger partial charge in [0.1, 0.15) is 12.6 Å². The van der Waals surface area contributed by atoms with Crippen molar-refractivity contribution in [1.82, 2.24) is 14.8 Å². The Morgan fingerprint density at radius 3 is 2.84 bits per heavy atom. The van der Waals surface area contributed by atoms with E-state index in [4.69, 9.17) is 31.2 Å². The standard InChI is InChI=1S/C27H28BrClN4O3S/c1-3-12-37-27-31-26-30-20-10-7-11-21(34)23(20)24(33(26)32-27)17-13-18(28)25(22(14-17)35-4-2)36-15-16-8-5-6-9-19(16)29/h5-6,8-9,13-14,24H,3-4,7,10-12,15H2,1-2H3,(H,30,31,32). The normalized spacial score (nSPS) is 16.8. The molecule has 3 aromatic rings. The smallest absolute Gasteiger partial charge is 0.227 e. The molecule has 1 aromatic heterocycles. The van der Waals surface area contributed by atoms with Crippen LogP contribution in [0.5, 0.6) is 11.5 Å². The van der Waals surface area contributed by atoms with Crippen LogP contribution in [0.3, 0.4) is 0 Å². The Bertz CT molecular complexity index is 1360. The number of aromatic nitrogens is 3. The summed E-state index contributed by atoms with van der Waals surface area (Å²) < 4.78 is 14.8. The van der Waals surface area contributed by atoms with E-state index in [0.29, 0.717) is 47.3 Å². The van der Waals surface area contributed by atoms with Gasteiger partial charge in [-0.1, -0.05) is 48.5 Å². The van der Waals surface area contributed by atoms with Crippen molar-refractivity contribution in [2.45, 2.75) is 57.3 Å². The first-order valence-corrected chi connectivity index (χ1v) is 14.6. The predicted molar refractivity (Wildman–Crippen MR) is 150 cm³/mol. The van der Waals surface area contributed by atoms with Crippen molar-refractivity contribution in [2.24, 2.45) is 0 Å². The highest BCUT2D eigenvalue weighted by Crippen LogP contribution is 2.45. The number of nitrogens with zero attached hydrogens (tertiary/aromatic N) is 3. The molecule has 1 atom stereocenters. The number of allylic oxidation sites excluding steroid dienone is 2. The number of anilines is 1. The third-order valence-electron chi connectivity index (χ3n) is 6.26. The average Bonchev–Trinajstić information content (AvgIpc) is 3.29. The van der Waals surface area contributed by atoms with Gasteiger partial charge in [-0.3, -0.25) is 4.79 Å². The molecule has 0 saturated heterocycles. The predicted octanol–water partition coefficient (Wildman–Crippen LogP) is 7.20. The fourth-order valence-electron chi connectivity index (χ4n) is 4.61. The molecule has 1 aliphatic heterocycles.